The van der Waals surface area contributed by atoms with Crippen LogP contribution in [0, 0.1) is 17.6 Å². The van der Waals surface area contributed by atoms with E-state index in [4.69, 9.17) is 0 Å². The molecular weight excluding hydrogens is 352 g/mol. The van der Waals surface area contributed by atoms with Crippen molar-refractivity contribution in [1.82, 2.24) is 15.5 Å². The number of carbonyl (C=O) groups is 2. The summed E-state index contributed by atoms with van der Waals surface area (Å²) in [4.78, 5) is 27.3. The molecule has 150 valence electrons. The molecule has 0 aromatic heterocycles. The maximum atomic E-state index is 13.8. The van der Waals surface area contributed by atoms with Gasteiger partial charge in [-0.3, -0.25) is 14.5 Å². The summed E-state index contributed by atoms with van der Waals surface area (Å²) in [6.07, 6.45) is 3.19. The Hall–Kier alpha value is -2.02. The van der Waals surface area contributed by atoms with Gasteiger partial charge in [0.05, 0.1) is 0 Å². The Morgan fingerprint density at radius 2 is 1.93 bits per heavy atom. The summed E-state index contributed by atoms with van der Waals surface area (Å²) in [5.74, 6) is -3.38. The van der Waals surface area contributed by atoms with Crippen LogP contribution in [0.4, 0.5) is 8.78 Å². The van der Waals surface area contributed by atoms with Crippen LogP contribution in [-0.2, 0) is 4.79 Å². The number of hydrogen-bond acceptors (Lipinski definition) is 3. The van der Waals surface area contributed by atoms with Crippen LogP contribution < -0.4 is 10.6 Å². The van der Waals surface area contributed by atoms with Crippen molar-refractivity contribution in [2.45, 2.75) is 52.1 Å². The number of likely N-dealkylation sites (tertiary alicyclic amines) is 1. The van der Waals surface area contributed by atoms with E-state index in [1.807, 2.05) is 0 Å². The summed E-state index contributed by atoms with van der Waals surface area (Å²) in [5.41, 5.74) is -0.666. The van der Waals surface area contributed by atoms with Crippen molar-refractivity contribution in [1.29, 1.82) is 0 Å². The van der Waals surface area contributed by atoms with Crippen LogP contribution in [0.5, 0.6) is 0 Å². The molecule has 0 bridgehead atoms. The Bertz CT molecular complexity index is 646. The third-order valence-corrected chi connectivity index (χ3v) is 4.95. The number of carbonyl (C=O) groups excluding carboxylic acids is 2. The maximum absolute atomic E-state index is 13.8. The molecule has 2 rings (SSSR count). The number of nitrogens with one attached hydrogen (secondary N) is 2. The van der Waals surface area contributed by atoms with Crippen molar-refractivity contribution in [3.8, 4) is 0 Å². The second kappa shape index (κ2) is 9.78. The zero-order valence-corrected chi connectivity index (χ0v) is 16.2. The van der Waals surface area contributed by atoms with Crippen molar-refractivity contribution in [3.05, 3.63) is 35.4 Å². The molecule has 7 heteroatoms. The van der Waals surface area contributed by atoms with E-state index in [9.17, 15) is 18.4 Å². The lowest BCUT2D eigenvalue weighted by atomic mass is 10.0. The molecule has 0 aliphatic carbocycles. The molecule has 5 nitrogen and oxygen atoms in total. The second-order valence-electron chi connectivity index (χ2n) is 7.37. The van der Waals surface area contributed by atoms with Crippen molar-refractivity contribution >= 4 is 11.8 Å². The highest BCUT2D eigenvalue weighted by Gasteiger charge is 2.29. The standard InChI is InChI=1S/C20H29F2N3O2/c1-4-10-25-11-6-7-14(25)12-23-20(27)18(13(2)3)24-19(26)17-15(21)8-5-9-16(17)22/h5,8-9,13-14,18H,4,6-7,10-12H2,1-3H3,(H,23,27)(H,24,26)/t14-,18+/m0/s1. The SMILES string of the molecule is CCCN1CCC[C@H]1CNC(=O)[C@H](NC(=O)c1c(F)cccc1F)C(C)C. The van der Waals surface area contributed by atoms with E-state index in [0.29, 0.717) is 12.6 Å². The summed E-state index contributed by atoms with van der Waals surface area (Å²) < 4.78 is 27.6. The minimum Gasteiger partial charge on any atom is -0.353 e. The molecule has 0 unspecified atom stereocenters. The Morgan fingerprint density at radius 3 is 2.52 bits per heavy atom. The molecule has 27 heavy (non-hydrogen) atoms. The highest BCUT2D eigenvalue weighted by Crippen LogP contribution is 2.17. The molecule has 2 N–H and O–H groups in total. The first-order valence-corrected chi connectivity index (χ1v) is 9.61. The van der Waals surface area contributed by atoms with Gasteiger partial charge in [0, 0.05) is 12.6 Å². The highest BCUT2D eigenvalue weighted by atomic mass is 19.1. The molecule has 0 spiro atoms. The zero-order valence-electron chi connectivity index (χ0n) is 16.2. The molecule has 1 saturated heterocycles. The van der Waals surface area contributed by atoms with E-state index < -0.39 is 29.1 Å². The van der Waals surface area contributed by atoms with Crippen molar-refractivity contribution in [2.75, 3.05) is 19.6 Å². The molecular formula is C20H29F2N3O2. The van der Waals surface area contributed by atoms with E-state index >= 15 is 0 Å². The van der Waals surface area contributed by atoms with E-state index in [2.05, 4.69) is 22.5 Å². The first-order chi connectivity index (χ1) is 12.8. The third-order valence-electron chi connectivity index (χ3n) is 4.95. The quantitative estimate of drug-likeness (QED) is 0.728. The van der Waals surface area contributed by atoms with Gasteiger partial charge in [-0.1, -0.05) is 26.8 Å². The molecule has 1 aromatic carbocycles. The first-order valence-electron chi connectivity index (χ1n) is 9.61. The average Bonchev–Trinajstić information content (AvgIpc) is 3.04. The van der Waals surface area contributed by atoms with Crippen LogP contribution in [0.1, 0.15) is 50.4 Å². The number of benzene rings is 1. The fourth-order valence-electron chi connectivity index (χ4n) is 3.50. The summed E-state index contributed by atoms with van der Waals surface area (Å²) in [7, 11) is 0. The molecule has 1 aliphatic rings. The second-order valence-corrected chi connectivity index (χ2v) is 7.37. The Morgan fingerprint density at radius 1 is 1.26 bits per heavy atom. The monoisotopic (exact) mass is 381 g/mol. The predicted octanol–water partition coefficient (Wildman–Crippen LogP) is 2.71. The largest absolute Gasteiger partial charge is 0.353 e. The minimum atomic E-state index is -0.948. The van der Waals surface area contributed by atoms with Gasteiger partial charge >= 0.3 is 0 Å². The fourth-order valence-corrected chi connectivity index (χ4v) is 3.50. The molecule has 2 atom stereocenters. The average molecular weight is 381 g/mol. The molecule has 1 heterocycles. The lowest BCUT2D eigenvalue weighted by Gasteiger charge is -2.26. The molecule has 2 amide bonds. The molecule has 1 aromatic rings. The molecule has 0 saturated carbocycles. The summed E-state index contributed by atoms with van der Waals surface area (Å²) in [6.45, 7) is 8.22. The zero-order chi connectivity index (χ0) is 20.0. The maximum Gasteiger partial charge on any atom is 0.257 e. The van der Waals surface area contributed by atoms with Gasteiger partial charge in [-0.2, -0.15) is 0 Å². The van der Waals surface area contributed by atoms with Crippen LogP contribution in [0.15, 0.2) is 18.2 Å². The van der Waals surface area contributed by atoms with Crippen LogP contribution in [0.2, 0.25) is 0 Å². The van der Waals surface area contributed by atoms with Crippen LogP contribution in [0.25, 0.3) is 0 Å². The lowest BCUT2D eigenvalue weighted by molar-refractivity contribution is -0.124. The van der Waals surface area contributed by atoms with E-state index in [-0.39, 0.29) is 11.8 Å². The highest BCUT2D eigenvalue weighted by molar-refractivity contribution is 5.98. The smallest absolute Gasteiger partial charge is 0.257 e. The first kappa shape index (κ1) is 21.3. The van der Waals surface area contributed by atoms with E-state index in [1.54, 1.807) is 13.8 Å². The number of amides is 2. The van der Waals surface area contributed by atoms with Crippen molar-refractivity contribution in [2.24, 2.45) is 5.92 Å². The number of hydrogen-bond donors (Lipinski definition) is 2. The fraction of sp³-hybridized carbons (Fsp3) is 0.600. The number of rotatable bonds is 8. The van der Waals surface area contributed by atoms with Gasteiger partial charge in [-0.25, -0.2) is 8.78 Å². The van der Waals surface area contributed by atoms with Gasteiger partial charge in [0.1, 0.15) is 23.2 Å². The van der Waals surface area contributed by atoms with E-state index in [1.165, 1.54) is 6.07 Å². The molecule has 0 radical (unpaired) electrons. The Labute approximate surface area is 159 Å². The number of halogens is 2. The Balaban J connectivity index is 2.00. The van der Waals surface area contributed by atoms with Crippen molar-refractivity contribution in [3.63, 3.8) is 0 Å². The van der Waals surface area contributed by atoms with Gasteiger partial charge < -0.3 is 10.6 Å². The van der Waals surface area contributed by atoms with Crippen LogP contribution >= 0.6 is 0 Å². The van der Waals surface area contributed by atoms with Gasteiger partial charge in [0.2, 0.25) is 5.91 Å². The summed E-state index contributed by atoms with van der Waals surface area (Å²) >= 11 is 0. The lowest BCUT2D eigenvalue weighted by Crippen LogP contribution is -2.52. The van der Waals surface area contributed by atoms with Gasteiger partial charge in [-0.05, 0) is 50.4 Å². The third kappa shape index (κ3) is 5.48. The number of nitrogens with zero attached hydrogens (tertiary/aromatic N) is 1. The van der Waals surface area contributed by atoms with Gasteiger partial charge in [-0.15, -0.1) is 0 Å². The topological polar surface area (TPSA) is 61.4 Å². The van der Waals surface area contributed by atoms with Crippen LogP contribution in [-0.4, -0.2) is 48.4 Å². The van der Waals surface area contributed by atoms with Gasteiger partial charge in [0.25, 0.3) is 5.91 Å². The summed E-state index contributed by atoms with van der Waals surface area (Å²) in [6, 6.07) is 2.66. The normalized spacial score (nSPS) is 18.5. The minimum absolute atomic E-state index is 0.223. The Kier molecular flexibility index (Phi) is 7.71. The summed E-state index contributed by atoms with van der Waals surface area (Å²) in [5, 5.41) is 5.38. The molecule has 1 aliphatic heterocycles. The predicted molar refractivity (Wildman–Crippen MR) is 100 cm³/mol. The van der Waals surface area contributed by atoms with Crippen molar-refractivity contribution < 1.29 is 18.4 Å². The van der Waals surface area contributed by atoms with Gasteiger partial charge in [0.15, 0.2) is 0 Å². The van der Waals surface area contributed by atoms with Crippen LogP contribution in [0.3, 0.4) is 0 Å². The van der Waals surface area contributed by atoms with E-state index in [0.717, 1.165) is 44.5 Å². The molecule has 1 fully saturated rings.